The lowest BCUT2D eigenvalue weighted by atomic mass is 9.78. The zero-order valence-corrected chi connectivity index (χ0v) is 24.2. The van der Waals surface area contributed by atoms with Crippen LogP contribution in [0.1, 0.15) is 121 Å². The van der Waals surface area contributed by atoms with Gasteiger partial charge in [0.15, 0.2) is 0 Å². The van der Waals surface area contributed by atoms with Crippen LogP contribution in [0.3, 0.4) is 0 Å². The molecule has 2 heteroatoms. The van der Waals surface area contributed by atoms with E-state index in [0.717, 1.165) is 25.9 Å². The molecule has 0 radical (unpaired) electrons. The van der Waals surface area contributed by atoms with E-state index in [1.807, 2.05) is 0 Å². The summed E-state index contributed by atoms with van der Waals surface area (Å²) in [5.74, 6) is 0.448. The van der Waals surface area contributed by atoms with Crippen molar-refractivity contribution in [3.63, 3.8) is 0 Å². The Morgan fingerprint density at radius 3 is 1.59 bits per heavy atom. The molecule has 3 rings (SSSR count). The van der Waals surface area contributed by atoms with Gasteiger partial charge in [0.05, 0.1) is 0 Å². The predicted octanol–water partition coefficient (Wildman–Crippen LogP) is 9.93. The normalized spacial score (nSPS) is 18.0. The molecule has 0 bridgehead atoms. The number of hydrogen-bond donors (Lipinski definition) is 0. The van der Waals surface area contributed by atoms with Gasteiger partial charge in [0.1, 0.15) is 5.66 Å². The maximum atomic E-state index is 2.74. The molecule has 1 aliphatic heterocycles. The first kappa shape index (κ1) is 29.3. The van der Waals surface area contributed by atoms with Crippen LogP contribution in [-0.4, -0.2) is 28.6 Å². The molecular formula is C35H54N2. The highest BCUT2D eigenvalue weighted by molar-refractivity contribution is 5.30. The number of nitrogens with zero attached hydrogens (tertiary/aromatic N) is 2. The summed E-state index contributed by atoms with van der Waals surface area (Å²) in [6.45, 7) is 9.27. The van der Waals surface area contributed by atoms with Gasteiger partial charge in [-0.25, -0.2) is 0 Å². The Kier molecular flexibility index (Phi) is 13.2. The fraction of sp³-hybridized carbons (Fsp3) is 0.600. The Bertz CT molecular complexity index is 861. The van der Waals surface area contributed by atoms with Gasteiger partial charge < -0.3 is 9.80 Å². The summed E-state index contributed by atoms with van der Waals surface area (Å²) in [7, 11) is 0. The van der Waals surface area contributed by atoms with Crippen LogP contribution < -0.4 is 0 Å². The molecule has 37 heavy (non-hydrogen) atoms. The molecule has 204 valence electrons. The van der Waals surface area contributed by atoms with Crippen LogP contribution in [0.25, 0.3) is 0 Å². The SMILES string of the molecule is CCCCCCCCCCCCN1C=CN(CCCC)C1(Cc1ccccc1)C(CC)c1ccccc1. The summed E-state index contributed by atoms with van der Waals surface area (Å²) in [5, 5.41) is 0. The molecule has 0 saturated carbocycles. The van der Waals surface area contributed by atoms with E-state index in [-0.39, 0.29) is 5.66 Å². The molecule has 2 atom stereocenters. The molecular weight excluding hydrogens is 448 g/mol. The molecule has 0 saturated heterocycles. The molecule has 0 aromatic heterocycles. The molecule has 2 aromatic carbocycles. The molecule has 0 amide bonds. The number of benzene rings is 2. The molecule has 0 aliphatic carbocycles. The molecule has 1 heterocycles. The second-order valence-corrected chi connectivity index (χ2v) is 11.1. The van der Waals surface area contributed by atoms with E-state index >= 15 is 0 Å². The van der Waals surface area contributed by atoms with Gasteiger partial charge >= 0.3 is 0 Å². The van der Waals surface area contributed by atoms with E-state index < -0.39 is 0 Å². The van der Waals surface area contributed by atoms with E-state index in [1.165, 1.54) is 88.2 Å². The Morgan fingerprint density at radius 2 is 1.05 bits per heavy atom. The highest BCUT2D eigenvalue weighted by Crippen LogP contribution is 2.45. The number of hydrogen-bond acceptors (Lipinski definition) is 2. The summed E-state index contributed by atoms with van der Waals surface area (Å²) in [5.41, 5.74) is 2.86. The molecule has 0 fully saturated rings. The van der Waals surface area contributed by atoms with Crippen LogP contribution in [0.4, 0.5) is 0 Å². The summed E-state index contributed by atoms with van der Waals surface area (Å²) >= 11 is 0. The summed E-state index contributed by atoms with van der Waals surface area (Å²) in [6, 6.07) is 22.5. The van der Waals surface area contributed by atoms with E-state index in [0.29, 0.717) is 5.92 Å². The van der Waals surface area contributed by atoms with Gasteiger partial charge in [0, 0.05) is 37.8 Å². The zero-order valence-electron chi connectivity index (χ0n) is 24.2. The average Bonchev–Trinajstić information content (AvgIpc) is 3.27. The fourth-order valence-electron chi connectivity index (χ4n) is 6.36. The van der Waals surface area contributed by atoms with Gasteiger partial charge in [-0.05, 0) is 30.4 Å². The van der Waals surface area contributed by atoms with Crippen molar-refractivity contribution in [2.45, 2.75) is 122 Å². The van der Waals surface area contributed by atoms with E-state index in [9.17, 15) is 0 Å². The topological polar surface area (TPSA) is 6.48 Å². The van der Waals surface area contributed by atoms with E-state index in [1.54, 1.807) is 0 Å². The van der Waals surface area contributed by atoms with Gasteiger partial charge in [0.25, 0.3) is 0 Å². The minimum absolute atomic E-state index is 0.0497. The van der Waals surface area contributed by atoms with E-state index in [4.69, 9.17) is 0 Å². The van der Waals surface area contributed by atoms with Gasteiger partial charge in [-0.2, -0.15) is 0 Å². The van der Waals surface area contributed by atoms with Crippen molar-refractivity contribution >= 4 is 0 Å². The fourth-order valence-corrected chi connectivity index (χ4v) is 6.36. The minimum Gasteiger partial charge on any atom is -0.353 e. The van der Waals surface area contributed by atoms with Gasteiger partial charge in [-0.1, -0.05) is 146 Å². The van der Waals surface area contributed by atoms with Crippen LogP contribution in [0, 0.1) is 0 Å². The molecule has 1 aliphatic rings. The minimum atomic E-state index is -0.0497. The van der Waals surface area contributed by atoms with E-state index in [2.05, 4.69) is 104 Å². The third kappa shape index (κ3) is 8.39. The first-order chi connectivity index (χ1) is 18.3. The summed E-state index contributed by atoms with van der Waals surface area (Å²) < 4.78 is 0. The van der Waals surface area contributed by atoms with Crippen LogP contribution in [0.5, 0.6) is 0 Å². The summed E-state index contributed by atoms with van der Waals surface area (Å²) in [6.07, 6.45) is 23.4. The highest BCUT2D eigenvalue weighted by Gasteiger charge is 2.49. The van der Waals surface area contributed by atoms with Crippen molar-refractivity contribution < 1.29 is 0 Å². The second-order valence-electron chi connectivity index (χ2n) is 11.1. The first-order valence-corrected chi connectivity index (χ1v) is 15.6. The smallest absolute Gasteiger partial charge is 0.123 e. The van der Waals surface area contributed by atoms with Crippen molar-refractivity contribution in [1.82, 2.24) is 9.80 Å². The third-order valence-corrected chi connectivity index (χ3v) is 8.40. The quantitative estimate of drug-likeness (QED) is 0.176. The lowest BCUT2D eigenvalue weighted by Gasteiger charge is -2.51. The average molecular weight is 503 g/mol. The Hall–Kier alpha value is -2.22. The number of unbranched alkanes of at least 4 members (excludes halogenated alkanes) is 10. The van der Waals surface area contributed by atoms with Crippen LogP contribution >= 0.6 is 0 Å². The Labute approximate surface area is 229 Å². The van der Waals surface area contributed by atoms with Crippen molar-refractivity contribution in [3.05, 3.63) is 84.2 Å². The van der Waals surface area contributed by atoms with Crippen molar-refractivity contribution in [1.29, 1.82) is 0 Å². The van der Waals surface area contributed by atoms with Crippen LogP contribution in [-0.2, 0) is 6.42 Å². The number of rotatable bonds is 19. The molecule has 2 unspecified atom stereocenters. The van der Waals surface area contributed by atoms with Gasteiger partial charge in [-0.15, -0.1) is 0 Å². The molecule has 2 nitrogen and oxygen atoms in total. The van der Waals surface area contributed by atoms with Crippen LogP contribution in [0.15, 0.2) is 73.1 Å². The monoisotopic (exact) mass is 502 g/mol. The van der Waals surface area contributed by atoms with Crippen molar-refractivity contribution in [3.8, 4) is 0 Å². The standard InChI is InChI=1S/C35H54N2/c1-4-7-9-10-11-12-13-14-15-22-28-37-30-29-36(27-8-5-2)35(37,31-32-23-18-16-19-24-32)34(6-3)33-25-20-17-21-26-33/h16-21,23-26,29-30,34H,4-15,22,27-28,31H2,1-3H3. The van der Waals surface area contributed by atoms with Gasteiger partial charge in [-0.3, -0.25) is 0 Å². The largest absolute Gasteiger partial charge is 0.353 e. The third-order valence-electron chi connectivity index (χ3n) is 8.40. The van der Waals surface area contributed by atoms with Crippen molar-refractivity contribution in [2.24, 2.45) is 0 Å². The first-order valence-electron chi connectivity index (χ1n) is 15.6. The lowest BCUT2D eigenvalue weighted by Crippen LogP contribution is -2.59. The maximum Gasteiger partial charge on any atom is 0.123 e. The molecule has 0 spiro atoms. The predicted molar refractivity (Wildman–Crippen MR) is 162 cm³/mol. The Balaban J connectivity index is 1.74. The zero-order chi connectivity index (χ0) is 26.2. The summed E-state index contributed by atoms with van der Waals surface area (Å²) in [4.78, 5) is 5.45. The van der Waals surface area contributed by atoms with Gasteiger partial charge in [0.2, 0.25) is 0 Å². The highest BCUT2D eigenvalue weighted by atomic mass is 15.4. The van der Waals surface area contributed by atoms with Crippen molar-refractivity contribution in [2.75, 3.05) is 13.1 Å². The lowest BCUT2D eigenvalue weighted by molar-refractivity contribution is -0.00355. The Morgan fingerprint density at radius 1 is 0.568 bits per heavy atom. The maximum absolute atomic E-state index is 2.74. The second kappa shape index (κ2) is 16.6. The molecule has 0 N–H and O–H groups in total. The molecule has 2 aromatic rings. The van der Waals surface area contributed by atoms with Crippen LogP contribution in [0.2, 0.25) is 0 Å².